The van der Waals surface area contributed by atoms with Crippen molar-refractivity contribution in [1.82, 2.24) is 10.6 Å². The second-order valence-electron chi connectivity index (χ2n) is 2.94. The Labute approximate surface area is 61.2 Å². The Kier molecular flexibility index (Phi) is 2.27. The van der Waals surface area contributed by atoms with Gasteiger partial charge in [-0.1, -0.05) is 0 Å². The minimum Gasteiger partial charge on any atom is -0.352 e. The third-order valence-electron chi connectivity index (χ3n) is 1.76. The topological polar surface area (TPSA) is 41.1 Å². The highest BCUT2D eigenvalue weighted by atomic mass is 16.1. The van der Waals surface area contributed by atoms with E-state index < -0.39 is 0 Å². The van der Waals surface area contributed by atoms with Gasteiger partial charge in [0.1, 0.15) is 0 Å². The zero-order valence-corrected chi connectivity index (χ0v) is 6.48. The molecule has 1 heterocycles. The molecule has 58 valence electrons. The van der Waals surface area contributed by atoms with E-state index in [9.17, 15) is 4.79 Å². The third-order valence-corrected chi connectivity index (χ3v) is 1.76. The van der Waals surface area contributed by atoms with Crippen molar-refractivity contribution in [3.8, 4) is 0 Å². The van der Waals surface area contributed by atoms with Gasteiger partial charge in [0.05, 0.1) is 0 Å². The first kappa shape index (κ1) is 7.54. The van der Waals surface area contributed by atoms with E-state index in [1.807, 2.05) is 0 Å². The molecule has 1 rings (SSSR count). The maximum atomic E-state index is 10.6. The quantitative estimate of drug-likeness (QED) is 0.535. The van der Waals surface area contributed by atoms with Gasteiger partial charge in [0.15, 0.2) is 0 Å². The summed E-state index contributed by atoms with van der Waals surface area (Å²) >= 11 is 0. The van der Waals surface area contributed by atoms with Crippen molar-refractivity contribution in [3.63, 3.8) is 0 Å². The van der Waals surface area contributed by atoms with E-state index >= 15 is 0 Å². The van der Waals surface area contributed by atoms with Gasteiger partial charge in [0, 0.05) is 25.6 Å². The molecule has 0 aromatic carbocycles. The number of rotatable bonds is 1. The summed E-state index contributed by atoms with van der Waals surface area (Å²) < 4.78 is 0. The van der Waals surface area contributed by atoms with Crippen LogP contribution in [-0.2, 0) is 4.79 Å². The molecule has 1 saturated heterocycles. The first-order valence-electron chi connectivity index (χ1n) is 3.69. The average Bonchev–Trinajstić information content (AvgIpc) is 2.13. The maximum absolute atomic E-state index is 10.6. The third kappa shape index (κ3) is 1.99. The number of hydrogen-bond acceptors (Lipinski definition) is 2. The van der Waals surface area contributed by atoms with Crippen molar-refractivity contribution in [2.24, 2.45) is 0 Å². The van der Waals surface area contributed by atoms with Gasteiger partial charge in [-0.05, 0) is 13.3 Å². The molecule has 0 aromatic heterocycles. The molecule has 0 spiro atoms. The molecule has 3 heteroatoms. The Morgan fingerprint density at radius 3 is 2.80 bits per heavy atom. The summed E-state index contributed by atoms with van der Waals surface area (Å²) in [5, 5.41) is 6.13. The predicted molar refractivity (Wildman–Crippen MR) is 39.7 cm³/mol. The van der Waals surface area contributed by atoms with Gasteiger partial charge in [-0.15, -0.1) is 0 Å². The van der Waals surface area contributed by atoms with E-state index in [0.717, 1.165) is 13.0 Å². The summed E-state index contributed by atoms with van der Waals surface area (Å²) in [5.41, 5.74) is 0. The first-order valence-corrected chi connectivity index (χ1v) is 3.69. The highest BCUT2D eigenvalue weighted by Crippen LogP contribution is 2.04. The van der Waals surface area contributed by atoms with Crippen LogP contribution in [0.25, 0.3) is 0 Å². The molecule has 0 radical (unpaired) electrons. The molecule has 10 heavy (non-hydrogen) atoms. The molecule has 0 aromatic rings. The van der Waals surface area contributed by atoms with Crippen molar-refractivity contribution in [2.75, 3.05) is 6.54 Å². The molecule has 2 N–H and O–H groups in total. The van der Waals surface area contributed by atoms with Crippen molar-refractivity contribution < 1.29 is 4.79 Å². The molecule has 3 nitrogen and oxygen atoms in total. The number of hydrogen-bond donors (Lipinski definition) is 2. The van der Waals surface area contributed by atoms with Gasteiger partial charge < -0.3 is 10.6 Å². The molecule has 1 amide bonds. The van der Waals surface area contributed by atoms with Crippen LogP contribution < -0.4 is 10.6 Å². The minimum atomic E-state index is 0.0703. The molecule has 1 aliphatic rings. The van der Waals surface area contributed by atoms with Crippen LogP contribution in [-0.4, -0.2) is 24.5 Å². The highest BCUT2D eigenvalue weighted by molar-refractivity contribution is 5.73. The van der Waals surface area contributed by atoms with Crippen LogP contribution >= 0.6 is 0 Å². The summed E-state index contributed by atoms with van der Waals surface area (Å²) in [4.78, 5) is 10.6. The zero-order valence-electron chi connectivity index (χ0n) is 6.48. The monoisotopic (exact) mass is 142 g/mol. The summed E-state index contributed by atoms with van der Waals surface area (Å²) in [6.45, 7) is 4.60. The molecule has 2 atom stereocenters. The zero-order chi connectivity index (χ0) is 7.56. The minimum absolute atomic E-state index is 0.0703. The molecule has 0 bridgehead atoms. The molecule has 1 fully saturated rings. The number of carbonyl (C=O) groups excluding carboxylic acids is 1. The fourth-order valence-corrected chi connectivity index (χ4v) is 1.33. The second-order valence-corrected chi connectivity index (χ2v) is 2.94. The Bertz CT molecular complexity index is 136. The van der Waals surface area contributed by atoms with E-state index in [1.165, 1.54) is 0 Å². The highest BCUT2D eigenvalue weighted by Gasteiger charge is 2.20. The van der Waals surface area contributed by atoms with Crippen molar-refractivity contribution in [3.05, 3.63) is 0 Å². The summed E-state index contributed by atoms with van der Waals surface area (Å²) in [6.07, 6.45) is 1.06. The van der Waals surface area contributed by atoms with Crippen LogP contribution in [0, 0.1) is 0 Å². The molecule has 1 aliphatic heterocycles. The largest absolute Gasteiger partial charge is 0.352 e. The average molecular weight is 142 g/mol. The standard InChI is InChI=1S/C7H14N2O/c1-5-3-7(4-8-5)9-6(2)10/h5,7-8H,3-4H2,1-2H3,(H,9,10)/t5-,7+/m0/s1. The lowest BCUT2D eigenvalue weighted by Crippen LogP contribution is -2.34. The van der Waals surface area contributed by atoms with Crippen LogP contribution in [0.4, 0.5) is 0 Å². The smallest absolute Gasteiger partial charge is 0.217 e. The summed E-state index contributed by atoms with van der Waals surface area (Å²) in [5.74, 6) is 0.0703. The van der Waals surface area contributed by atoms with Crippen LogP contribution in [0.2, 0.25) is 0 Å². The van der Waals surface area contributed by atoms with Crippen LogP contribution in [0.3, 0.4) is 0 Å². The van der Waals surface area contributed by atoms with E-state index in [0.29, 0.717) is 12.1 Å². The van der Waals surface area contributed by atoms with Crippen LogP contribution in [0.5, 0.6) is 0 Å². The van der Waals surface area contributed by atoms with Gasteiger partial charge in [-0.3, -0.25) is 4.79 Å². The van der Waals surface area contributed by atoms with Gasteiger partial charge >= 0.3 is 0 Å². The van der Waals surface area contributed by atoms with Gasteiger partial charge in [0.2, 0.25) is 5.91 Å². The summed E-state index contributed by atoms with van der Waals surface area (Å²) in [6, 6.07) is 0.907. The normalized spacial score (nSPS) is 32.2. The van der Waals surface area contributed by atoms with Gasteiger partial charge in [-0.2, -0.15) is 0 Å². The van der Waals surface area contributed by atoms with Gasteiger partial charge in [-0.25, -0.2) is 0 Å². The Balaban J connectivity index is 2.24. The van der Waals surface area contributed by atoms with E-state index in [2.05, 4.69) is 17.6 Å². The van der Waals surface area contributed by atoms with Gasteiger partial charge in [0.25, 0.3) is 0 Å². The Hall–Kier alpha value is -0.570. The molecule has 0 saturated carbocycles. The van der Waals surface area contributed by atoms with E-state index in [4.69, 9.17) is 0 Å². The molecular formula is C7H14N2O. The molecular weight excluding hydrogens is 128 g/mol. The number of nitrogens with one attached hydrogen (secondary N) is 2. The fourth-order valence-electron chi connectivity index (χ4n) is 1.33. The number of amides is 1. The maximum Gasteiger partial charge on any atom is 0.217 e. The number of carbonyl (C=O) groups is 1. The van der Waals surface area contributed by atoms with E-state index in [1.54, 1.807) is 6.92 Å². The van der Waals surface area contributed by atoms with Crippen LogP contribution in [0.15, 0.2) is 0 Å². The molecule has 0 unspecified atom stereocenters. The lowest BCUT2D eigenvalue weighted by molar-refractivity contribution is -0.119. The van der Waals surface area contributed by atoms with Crippen molar-refractivity contribution >= 4 is 5.91 Å². The fraction of sp³-hybridized carbons (Fsp3) is 0.857. The summed E-state index contributed by atoms with van der Waals surface area (Å²) in [7, 11) is 0. The van der Waals surface area contributed by atoms with Crippen molar-refractivity contribution in [1.29, 1.82) is 0 Å². The van der Waals surface area contributed by atoms with Crippen LogP contribution in [0.1, 0.15) is 20.3 Å². The SMILES string of the molecule is CC(=O)N[C@H]1CN[C@@H](C)C1. The lowest BCUT2D eigenvalue weighted by Gasteiger charge is -2.07. The van der Waals surface area contributed by atoms with E-state index in [-0.39, 0.29) is 5.91 Å². The van der Waals surface area contributed by atoms with Crippen molar-refractivity contribution in [2.45, 2.75) is 32.4 Å². The predicted octanol–water partition coefficient (Wildman–Crippen LogP) is -0.127. The Morgan fingerprint density at radius 2 is 2.40 bits per heavy atom. The molecule has 0 aliphatic carbocycles. The first-order chi connectivity index (χ1) is 4.68. The lowest BCUT2D eigenvalue weighted by atomic mass is 10.2. The Morgan fingerprint density at radius 1 is 1.70 bits per heavy atom. The second kappa shape index (κ2) is 3.01.